The summed E-state index contributed by atoms with van der Waals surface area (Å²) < 4.78 is 0. The number of aryl methyl sites for hydroxylation is 1. The number of aromatic nitrogens is 1. The van der Waals surface area contributed by atoms with E-state index < -0.39 is 0 Å². The lowest BCUT2D eigenvalue weighted by molar-refractivity contribution is 0.726. The fourth-order valence-corrected chi connectivity index (χ4v) is 1.77. The molecule has 0 aromatic carbocycles. The van der Waals surface area contributed by atoms with Crippen molar-refractivity contribution in [1.29, 1.82) is 0 Å². The normalized spacial score (nSPS) is 12.2. The van der Waals surface area contributed by atoms with Crippen LogP contribution in [0.5, 0.6) is 0 Å². The van der Waals surface area contributed by atoms with E-state index in [9.17, 15) is 0 Å². The van der Waals surface area contributed by atoms with Gasteiger partial charge >= 0.3 is 0 Å². The van der Waals surface area contributed by atoms with Crippen LogP contribution in [0.25, 0.3) is 10.4 Å². The van der Waals surface area contributed by atoms with E-state index >= 15 is 0 Å². The lowest BCUT2D eigenvalue weighted by Gasteiger charge is -1.98. The molecule has 0 saturated carbocycles. The van der Waals surface area contributed by atoms with Crippen molar-refractivity contribution in [1.82, 2.24) is 4.98 Å². The Bertz CT molecular complexity index is 300. The maximum Gasteiger partial charge on any atom is 0.0932 e. The first kappa shape index (κ1) is 9.03. The second-order valence-corrected chi connectivity index (χ2v) is 3.58. The van der Waals surface area contributed by atoms with Gasteiger partial charge in [-0.3, -0.25) is 0 Å². The third-order valence-corrected chi connectivity index (χ3v) is 2.37. The fourth-order valence-electron chi connectivity index (χ4n) is 0.878. The summed E-state index contributed by atoms with van der Waals surface area (Å²) in [6.07, 6.45) is 0.739. The van der Waals surface area contributed by atoms with Crippen molar-refractivity contribution in [2.24, 2.45) is 5.11 Å². The summed E-state index contributed by atoms with van der Waals surface area (Å²) in [5, 5.41) is 6.61. The van der Waals surface area contributed by atoms with Gasteiger partial charge in [0.2, 0.25) is 0 Å². The third-order valence-electron chi connectivity index (χ3n) is 1.39. The van der Waals surface area contributed by atoms with E-state index in [1.54, 1.807) is 11.3 Å². The molecule has 0 fully saturated rings. The molecule has 5 heteroatoms. The van der Waals surface area contributed by atoms with Crippen molar-refractivity contribution < 1.29 is 0 Å². The average Bonchev–Trinajstić information content (AvgIpc) is 2.36. The van der Waals surface area contributed by atoms with Gasteiger partial charge in [0.25, 0.3) is 0 Å². The summed E-state index contributed by atoms with van der Waals surface area (Å²) in [5.41, 5.74) is 9.19. The minimum Gasteiger partial charge on any atom is -0.247 e. The van der Waals surface area contributed by atoms with Gasteiger partial charge in [0.15, 0.2) is 0 Å². The van der Waals surface area contributed by atoms with Crippen LogP contribution >= 0.6 is 11.3 Å². The zero-order valence-electron chi connectivity index (χ0n) is 7.06. The minimum absolute atomic E-state index is 0.000509. The van der Waals surface area contributed by atoms with Gasteiger partial charge in [-0.15, -0.1) is 11.3 Å². The quantitative estimate of drug-likeness (QED) is 0.402. The van der Waals surface area contributed by atoms with Gasteiger partial charge < -0.3 is 0 Å². The molecule has 0 aliphatic carbocycles. The topological polar surface area (TPSA) is 61.7 Å². The van der Waals surface area contributed by atoms with Crippen molar-refractivity contribution in [2.45, 2.75) is 26.3 Å². The van der Waals surface area contributed by atoms with Crippen molar-refractivity contribution in [3.8, 4) is 0 Å². The Hall–Kier alpha value is -1.06. The van der Waals surface area contributed by atoms with Crippen molar-refractivity contribution in [2.75, 3.05) is 0 Å². The summed E-state index contributed by atoms with van der Waals surface area (Å²) in [7, 11) is 0. The van der Waals surface area contributed by atoms with E-state index in [2.05, 4.69) is 15.0 Å². The Kier molecular flexibility index (Phi) is 3.08. The van der Waals surface area contributed by atoms with E-state index in [1.165, 1.54) is 0 Å². The molecule has 0 bridgehead atoms. The van der Waals surface area contributed by atoms with E-state index in [0.717, 1.165) is 17.1 Å². The highest BCUT2D eigenvalue weighted by molar-refractivity contribution is 7.09. The molecule has 0 saturated heterocycles. The molecular weight excluding hydrogens is 172 g/mol. The highest BCUT2D eigenvalue weighted by Crippen LogP contribution is 2.11. The molecule has 0 aliphatic heterocycles. The molecule has 1 rings (SSSR count). The third kappa shape index (κ3) is 2.53. The number of thiazole rings is 1. The van der Waals surface area contributed by atoms with E-state index in [0.29, 0.717) is 0 Å². The van der Waals surface area contributed by atoms with E-state index in [-0.39, 0.29) is 6.04 Å². The molecule has 0 radical (unpaired) electrons. The first-order chi connectivity index (χ1) is 5.72. The molecule has 1 aromatic rings. The Balaban J connectivity index is 2.57. The van der Waals surface area contributed by atoms with Gasteiger partial charge in [0.1, 0.15) is 0 Å². The van der Waals surface area contributed by atoms with Gasteiger partial charge in [0.05, 0.1) is 5.01 Å². The summed E-state index contributed by atoms with van der Waals surface area (Å²) >= 11 is 1.61. The van der Waals surface area contributed by atoms with Crippen molar-refractivity contribution in [3.63, 3.8) is 0 Å². The average molecular weight is 182 g/mol. The van der Waals surface area contributed by atoms with Crippen LogP contribution in [0.2, 0.25) is 0 Å². The number of hydrogen-bond acceptors (Lipinski definition) is 3. The van der Waals surface area contributed by atoms with Gasteiger partial charge in [-0.1, -0.05) is 12.0 Å². The predicted molar refractivity (Wildman–Crippen MR) is 49.2 cm³/mol. The van der Waals surface area contributed by atoms with Gasteiger partial charge in [-0.05, 0) is 12.5 Å². The SMILES string of the molecule is Cc1csc(CC(C)N=[N+]=[N-])n1. The number of hydrogen-bond donors (Lipinski definition) is 0. The second-order valence-electron chi connectivity index (χ2n) is 2.64. The molecule has 0 amide bonds. The molecule has 0 N–H and O–H groups in total. The molecule has 1 unspecified atom stereocenters. The molecule has 4 nitrogen and oxygen atoms in total. The largest absolute Gasteiger partial charge is 0.247 e. The van der Waals surface area contributed by atoms with Crippen LogP contribution in [0.4, 0.5) is 0 Å². The van der Waals surface area contributed by atoms with Crippen LogP contribution in [0.15, 0.2) is 10.5 Å². The van der Waals surface area contributed by atoms with Gasteiger partial charge in [0, 0.05) is 28.4 Å². The van der Waals surface area contributed by atoms with Crippen molar-refractivity contribution in [3.05, 3.63) is 26.5 Å². The summed E-state index contributed by atoms with van der Waals surface area (Å²) in [6, 6.07) is 0.000509. The zero-order valence-corrected chi connectivity index (χ0v) is 7.88. The van der Waals surface area contributed by atoms with E-state index in [1.807, 2.05) is 19.2 Å². The molecule has 1 heterocycles. The minimum atomic E-state index is 0.000509. The lowest BCUT2D eigenvalue weighted by Crippen LogP contribution is -2.00. The van der Waals surface area contributed by atoms with Crippen LogP contribution in [0, 0.1) is 6.92 Å². The molecule has 1 atom stereocenters. The molecular formula is C7H10N4S. The summed E-state index contributed by atoms with van der Waals surface area (Å²) in [4.78, 5) is 7.01. The molecule has 12 heavy (non-hydrogen) atoms. The second kappa shape index (κ2) is 4.09. The maximum atomic E-state index is 8.16. The lowest BCUT2D eigenvalue weighted by atomic mass is 10.3. The highest BCUT2D eigenvalue weighted by atomic mass is 32.1. The Labute approximate surface area is 74.9 Å². The van der Waals surface area contributed by atoms with Crippen LogP contribution in [-0.2, 0) is 6.42 Å². The zero-order chi connectivity index (χ0) is 8.97. The van der Waals surface area contributed by atoms with Crippen LogP contribution in [0.3, 0.4) is 0 Å². The van der Waals surface area contributed by atoms with E-state index in [4.69, 9.17) is 5.53 Å². The standard InChI is InChI=1S/C7H10N4S/c1-5(10-11-8)3-7-9-6(2)4-12-7/h4-5H,3H2,1-2H3. The molecule has 0 spiro atoms. The Morgan fingerprint density at radius 2 is 2.58 bits per heavy atom. The highest BCUT2D eigenvalue weighted by Gasteiger charge is 2.03. The molecule has 0 aliphatic rings. The predicted octanol–water partition coefficient (Wildman–Crippen LogP) is 2.69. The summed E-state index contributed by atoms with van der Waals surface area (Å²) in [5.74, 6) is 0. The first-order valence-corrected chi connectivity index (χ1v) is 4.55. The van der Waals surface area contributed by atoms with Crippen LogP contribution in [-0.4, -0.2) is 11.0 Å². The monoisotopic (exact) mass is 182 g/mol. The van der Waals surface area contributed by atoms with Crippen LogP contribution < -0.4 is 0 Å². The number of nitrogens with zero attached hydrogens (tertiary/aromatic N) is 4. The first-order valence-electron chi connectivity index (χ1n) is 3.67. The fraction of sp³-hybridized carbons (Fsp3) is 0.571. The van der Waals surface area contributed by atoms with Crippen LogP contribution in [0.1, 0.15) is 17.6 Å². The maximum absolute atomic E-state index is 8.16. The number of rotatable bonds is 3. The Morgan fingerprint density at radius 3 is 3.08 bits per heavy atom. The summed E-state index contributed by atoms with van der Waals surface area (Å²) in [6.45, 7) is 3.84. The molecule has 64 valence electrons. The number of azide groups is 1. The molecule has 1 aromatic heterocycles. The smallest absolute Gasteiger partial charge is 0.0932 e. The Morgan fingerprint density at radius 1 is 1.83 bits per heavy atom. The van der Waals surface area contributed by atoms with Gasteiger partial charge in [-0.25, -0.2) is 4.98 Å². The van der Waals surface area contributed by atoms with Crippen molar-refractivity contribution >= 4 is 11.3 Å². The van der Waals surface area contributed by atoms with Gasteiger partial charge in [-0.2, -0.15) is 0 Å².